The van der Waals surface area contributed by atoms with Crippen LogP contribution in [0.3, 0.4) is 0 Å². The molecule has 6 aromatic rings. The van der Waals surface area contributed by atoms with Gasteiger partial charge in [-0.3, -0.25) is 0 Å². The van der Waals surface area contributed by atoms with E-state index in [9.17, 15) is 17.6 Å². The van der Waals surface area contributed by atoms with Crippen LogP contribution < -0.4 is 0 Å². The van der Waals surface area contributed by atoms with Crippen LogP contribution in [0.4, 0.5) is 17.6 Å². The van der Waals surface area contributed by atoms with Gasteiger partial charge in [0.25, 0.3) is 0 Å². The molecule has 0 spiro atoms. The van der Waals surface area contributed by atoms with Crippen molar-refractivity contribution in [2.45, 2.75) is 0 Å². The van der Waals surface area contributed by atoms with Crippen molar-refractivity contribution in [2.75, 3.05) is 0 Å². The summed E-state index contributed by atoms with van der Waals surface area (Å²) in [7, 11) is 0. The average molecular weight is 513 g/mol. The van der Waals surface area contributed by atoms with Gasteiger partial charge in [-0.15, -0.1) is 0 Å². The molecular formula is C30H16F4N2S. The summed E-state index contributed by atoms with van der Waals surface area (Å²) in [6.07, 6.45) is 0. The number of aromatic nitrogens is 2. The maximum absolute atomic E-state index is 13.6. The Morgan fingerprint density at radius 3 is 1.05 bits per heavy atom. The molecule has 0 unspecified atom stereocenters. The van der Waals surface area contributed by atoms with Crippen molar-refractivity contribution in [1.29, 1.82) is 0 Å². The fraction of sp³-hybridized carbons (Fsp3) is 0. The maximum Gasteiger partial charge on any atom is 0.126 e. The van der Waals surface area contributed by atoms with Crippen LogP contribution >= 0.6 is 11.7 Å². The van der Waals surface area contributed by atoms with E-state index in [1.54, 1.807) is 0 Å². The van der Waals surface area contributed by atoms with Crippen LogP contribution in [-0.4, -0.2) is 8.75 Å². The minimum Gasteiger partial charge on any atom is -0.207 e. The highest BCUT2D eigenvalue weighted by Crippen LogP contribution is 2.36. The van der Waals surface area contributed by atoms with Crippen molar-refractivity contribution >= 4 is 22.8 Å². The van der Waals surface area contributed by atoms with E-state index in [1.807, 2.05) is 60.7 Å². The van der Waals surface area contributed by atoms with Crippen molar-refractivity contribution < 1.29 is 17.6 Å². The summed E-state index contributed by atoms with van der Waals surface area (Å²) in [6.45, 7) is 0. The molecule has 0 aliphatic carbocycles. The Morgan fingerprint density at radius 2 is 0.703 bits per heavy atom. The zero-order valence-electron chi connectivity index (χ0n) is 19.1. The number of rotatable bonds is 4. The summed E-state index contributed by atoms with van der Waals surface area (Å²) in [4.78, 5) is 0. The fourth-order valence-electron chi connectivity index (χ4n) is 4.46. The number of benzene rings is 5. The van der Waals surface area contributed by atoms with Gasteiger partial charge < -0.3 is 0 Å². The highest BCUT2D eigenvalue weighted by atomic mass is 32.1. The van der Waals surface area contributed by atoms with Gasteiger partial charge in [-0.05, 0) is 57.6 Å². The first-order chi connectivity index (χ1) is 17.9. The van der Waals surface area contributed by atoms with Crippen LogP contribution in [0.1, 0.15) is 0 Å². The molecule has 0 radical (unpaired) electrons. The predicted molar refractivity (Wildman–Crippen MR) is 139 cm³/mol. The first-order valence-electron chi connectivity index (χ1n) is 11.3. The quantitative estimate of drug-likeness (QED) is 0.220. The first kappa shape index (κ1) is 23.1. The molecule has 1 aromatic heterocycles. The second-order valence-electron chi connectivity index (χ2n) is 8.59. The van der Waals surface area contributed by atoms with Crippen LogP contribution in [0, 0.1) is 23.3 Å². The monoisotopic (exact) mass is 512 g/mol. The van der Waals surface area contributed by atoms with Crippen LogP contribution in [0.25, 0.3) is 55.5 Å². The Labute approximate surface area is 213 Å². The number of hydrogen-bond donors (Lipinski definition) is 0. The Bertz CT molecular complexity index is 1590. The average Bonchev–Trinajstić information content (AvgIpc) is 3.37. The standard InChI is InChI=1S/C30H16F4N2S/c31-23-11-21(12-24(32)15-23)17-1-5-19(6-2-17)27-9-10-28(30-29(27)35-37-36-30)20-7-3-18(4-8-20)22-13-25(33)16-26(34)14-22/h1-16H. The Balaban J connectivity index is 1.34. The Hall–Kier alpha value is -4.36. The smallest absolute Gasteiger partial charge is 0.126 e. The van der Waals surface area contributed by atoms with E-state index in [-0.39, 0.29) is 0 Å². The lowest BCUT2D eigenvalue weighted by Gasteiger charge is -2.09. The highest BCUT2D eigenvalue weighted by molar-refractivity contribution is 7.00. The van der Waals surface area contributed by atoms with Gasteiger partial charge in [0.05, 0.1) is 11.7 Å². The van der Waals surface area contributed by atoms with E-state index < -0.39 is 23.3 Å². The summed E-state index contributed by atoms with van der Waals surface area (Å²) in [6, 6.07) is 25.6. The molecule has 0 bridgehead atoms. The molecule has 0 aliphatic rings. The summed E-state index contributed by atoms with van der Waals surface area (Å²) in [5.41, 5.74) is 7.36. The van der Waals surface area contributed by atoms with Crippen LogP contribution in [0.15, 0.2) is 97.1 Å². The number of halogens is 4. The van der Waals surface area contributed by atoms with Gasteiger partial charge >= 0.3 is 0 Å². The molecule has 0 aliphatic heterocycles. The van der Waals surface area contributed by atoms with Gasteiger partial charge in [0, 0.05) is 23.3 Å². The van der Waals surface area contributed by atoms with Crippen molar-refractivity contribution in [3.8, 4) is 44.5 Å². The van der Waals surface area contributed by atoms with E-state index in [4.69, 9.17) is 0 Å². The molecule has 0 amide bonds. The molecule has 0 atom stereocenters. The van der Waals surface area contributed by atoms with Crippen LogP contribution in [0.5, 0.6) is 0 Å². The second kappa shape index (κ2) is 9.26. The lowest BCUT2D eigenvalue weighted by Crippen LogP contribution is -1.88. The molecule has 1 heterocycles. The number of hydrogen-bond acceptors (Lipinski definition) is 3. The second-order valence-corrected chi connectivity index (χ2v) is 9.12. The van der Waals surface area contributed by atoms with E-state index >= 15 is 0 Å². The van der Waals surface area contributed by atoms with E-state index in [0.29, 0.717) is 22.3 Å². The Kier molecular flexibility index (Phi) is 5.77. The predicted octanol–water partition coefficient (Wildman–Crippen LogP) is 8.92. The molecule has 180 valence electrons. The molecule has 0 fully saturated rings. The number of fused-ring (bicyclic) bond motifs is 1. The van der Waals surface area contributed by atoms with Gasteiger partial charge in [0.15, 0.2) is 0 Å². The zero-order valence-corrected chi connectivity index (χ0v) is 19.9. The third-order valence-corrected chi connectivity index (χ3v) is 6.73. The lowest BCUT2D eigenvalue weighted by atomic mass is 9.95. The summed E-state index contributed by atoms with van der Waals surface area (Å²) >= 11 is 1.11. The molecule has 2 nitrogen and oxygen atoms in total. The molecule has 0 N–H and O–H groups in total. The van der Waals surface area contributed by atoms with Gasteiger partial charge in [-0.2, -0.15) is 8.75 Å². The zero-order chi connectivity index (χ0) is 25.5. The third kappa shape index (κ3) is 4.49. The minimum atomic E-state index is -0.624. The van der Waals surface area contributed by atoms with Gasteiger partial charge in [0.2, 0.25) is 0 Å². The highest BCUT2D eigenvalue weighted by Gasteiger charge is 2.14. The maximum atomic E-state index is 13.6. The van der Waals surface area contributed by atoms with E-state index in [1.165, 1.54) is 24.3 Å². The molecular weight excluding hydrogens is 496 g/mol. The molecule has 37 heavy (non-hydrogen) atoms. The summed E-state index contributed by atoms with van der Waals surface area (Å²) in [5, 5.41) is 0. The largest absolute Gasteiger partial charge is 0.207 e. The van der Waals surface area contributed by atoms with Gasteiger partial charge in [0.1, 0.15) is 34.3 Å². The molecule has 0 saturated heterocycles. The fourth-order valence-corrected chi connectivity index (χ4v) is 5.03. The van der Waals surface area contributed by atoms with E-state index in [0.717, 1.165) is 57.1 Å². The molecule has 7 heteroatoms. The molecule has 6 rings (SSSR count). The van der Waals surface area contributed by atoms with Crippen LogP contribution in [-0.2, 0) is 0 Å². The minimum absolute atomic E-state index is 0.462. The van der Waals surface area contributed by atoms with Gasteiger partial charge in [-0.25, -0.2) is 17.6 Å². The summed E-state index contributed by atoms with van der Waals surface area (Å²) in [5.74, 6) is -2.50. The third-order valence-electron chi connectivity index (χ3n) is 6.20. The Morgan fingerprint density at radius 1 is 0.378 bits per heavy atom. The van der Waals surface area contributed by atoms with E-state index in [2.05, 4.69) is 8.75 Å². The summed E-state index contributed by atoms with van der Waals surface area (Å²) < 4.78 is 63.6. The SMILES string of the molecule is Fc1cc(F)cc(-c2ccc(-c3ccc(-c4ccc(-c5cc(F)cc(F)c5)cc4)c4nsnc34)cc2)c1. The lowest BCUT2D eigenvalue weighted by molar-refractivity contribution is 0.583. The topological polar surface area (TPSA) is 25.8 Å². The number of nitrogens with zero attached hydrogens (tertiary/aromatic N) is 2. The van der Waals surface area contributed by atoms with Crippen LogP contribution in [0.2, 0.25) is 0 Å². The van der Waals surface area contributed by atoms with Crippen molar-refractivity contribution in [1.82, 2.24) is 8.75 Å². The van der Waals surface area contributed by atoms with Gasteiger partial charge in [-0.1, -0.05) is 60.7 Å². The first-order valence-corrected chi connectivity index (χ1v) is 12.1. The van der Waals surface area contributed by atoms with Crippen molar-refractivity contribution in [3.63, 3.8) is 0 Å². The van der Waals surface area contributed by atoms with Crippen molar-refractivity contribution in [3.05, 3.63) is 120 Å². The van der Waals surface area contributed by atoms with Crippen molar-refractivity contribution in [2.24, 2.45) is 0 Å². The normalized spacial score (nSPS) is 11.2. The molecule has 5 aromatic carbocycles. The molecule has 0 saturated carbocycles.